The number of ketones is 1. The molecule has 0 aliphatic rings. The van der Waals surface area contributed by atoms with E-state index in [1.165, 1.54) is 13.2 Å². The number of rotatable bonds is 7. The topological polar surface area (TPSA) is 86.5 Å². The van der Waals surface area contributed by atoms with Crippen LogP contribution in [0.15, 0.2) is 18.2 Å². The van der Waals surface area contributed by atoms with Crippen molar-refractivity contribution < 1.29 is 19.2 Å². The smallest absolute Gasteiger partial charge is 0.305 e. The lowest BCUT2D eigenvalue weighted by Gasteiger charge is -2.04. The maximum Gasteiger partial charge on any atom is 0.305 e. The number of methoxy groups -OCH3 is 1. The summed E-state index contributed by atoms with van der Waals surface area (Å²) in [5.41, 5.74) is 0.867. The molecule has 0 N–H and O–H groups in total. The molecule has 1 aromatic carbocycles. The lowest BCUT2D eigenvalue weighted by Crippen LogP contribution is -2.05. The Bertz CT molecular complexity index is 524. The van der Waals surface area contributed by atoms with Gasteiger partial charge in [0.25, 0.3) is 5.69 Å². The first-order chi connectivity index (χ1) is 9.49. The summed E-state index contributed by atoms with van der Waals surface area (Å²) >= 11 is 0. The highest BCUT2D eigenvalue weighted by molar-refractivity contribution is 5.96. The van der Waals surface area contributed by atoms with Crippen LogP contribution in [0.25, 0.3) is 0 Å². The number of carbonyl (C=O) groups excluding carboxylic acids is 2. The van der Waals surface area contributed by atoms with Crippen molar-refractivity contribution in [3.05, 3.63) is 39.4 Å². The second-order valence-corrected chi connectivity index (χ2v) is 4.31. The van der Waals surface area contributed by atoms with Crippen LogP contribution in [-0.2, 0) is 16.0 Å². The zero-order valence-electron chi connectivity index (χ0n) is 11.5. The molecule has 0 bridgehead atoms. The summed E-state index contributed by atoms with van der Waals surface area (Å²) in [6.45, 7) is 1.82. The van der Waals surface area contributed by atoms with Gasteiger partial charge in [0.1, 0.15) is 0 Å². The standard InChI is InChI=1S/C14H17NO5/c1-3-10-7-8-11(9-12(10)15(18)19)13(16)5-4-6-14(17)20-2/h7-9H,3-6H2,1-2H3. The molecule has 0 saturated carbocycles. The van der Waals surface area contributed by atoms with Gasteiger partial charge in [-0.1, -0.05) is 19.1 Å². The molecule has 0 aliphatic heterocycles. The predicted molar refractivity (Wildman–Crippen MR) is 72.7 cm³/mol. The number of hydrogen-bond acceptors (Lipinski definition) is 5. The summed E-state index contributed by atoms with van der Waals surface area (Å²) in [7, 11) is 1.29. The van der Waals surface area contributed by atoms with Crippen LogP contribution in [0.3, 0.4) is 0 Å². The molecule has 1 rings (SSSR count). The van der Waals surface area contributed by atoms with Gasteiger partial charge < -0.3 is 4.74 Å². The molecule has 1 aromatic rings. The molecule has 20 heavy (non-hydrogen) atoms. The third-order valence-corrected chi connectivity index (χ3v) is 3.00. The Morgan fingerprint density at radius 2 is 2.00 bits per heavy atom. The number of aryl methyl sites for hydroxylation is 1. The number of ether oxygens (including phenoxy) is 1. The molecule has 0 unspecified atom stereocenters. The Balaban J connectivity index is 2.76. The summed E-state index contributed by atoms with van der Waals surface area (Å²) in [5.74, 6) is -0.579. The molecular formula is C14H17NO5. The van der Waals surface area contributed by atoms with Crippen molar-refractivity contribution >= 4 is 17.4 Å². The van der Waals surface area contributed by atoms with Crippen molar-refractivity contribution in [2.24, 2.45) is 0 Å². The van der Waals surface area contributed by atoms with Crippen molar-refractivity contribution in [2.45, 2.75) is 32.6 Å². The first kappa shape index (κ1) is 15.8. The first-order valence-electron chi connectivity index (χ1n) is 6.37. The number of Topliss-reactive ketones (excluding diaryl/α,β-unsaturated/α-hetero) is 1. The largest absolute Gasteiger partial charge is 0.469 e. The van der Waals surface area contributed by atoms with Crippen LogP contribution in [0.4, 0.5) is 5.69 Å². The number of esters is 1. The normalized spacial score (nSPS) is 10.1. The average Bonchev–Trinajstić information content (AvgIpc) is 2.45. The van der Waals surface area contributed by atoms with E-state index in [1.807, 2.05) is 6.92 Å². The molecule has 0 amide bonds. The van der Waals surface area contributed by atoms with E-state index in [-0.39, 0.29) is 30.3 Å². The van der Waals surface area contributed by atoms with Crippen LogP contribution in [0.2, 0.25) is 0 Å². The Labute approximate surface area is 116 Å². The van der Waals surface area contributed by atoms with Gasteiger partial charge in [0.05, 0.1) is 12.0 Å². The van der Waals surface area contributed by atoms with Gasteiger partial charge in [0.15, 0.2) is 5.78 Å². The van der Waals surface area contributed by atoms with E-state index in [1.54, 1.807) is 12.1 Å². The minimum Gasteiger partial charge on any atom is -0.469 e. The Morgan fingerprint density at radius 3 is 2.55 bits per heavy atom. The number of benzene rings is 1. The molecule has 0 spiro atoms. The summed E-state index contributed by atoms with van der Waals surface area (Å²) in [6.07, 6.45) is 1.23. The van der Waals surface area contributed by atoms with Crippen molar-refractivity contribution in [1.82, 2.24) is 0 Å². The highest BCUT2D eigenvalue weighted by Gasteiger charge is 2.16. The van der Waals surface area contributed by atoms with Gasteiger partial charge in [0.2, 0.25) is 0 Å². The molecule has 0 fully saturated rings. The fourth-order valence-corrected chi connectivity index (χ4v) is 1.85. The van der Waals surface area contributed by atoms with Gasteiger partial charge in [-0.2, -0.15) is 0 Å². The number of hydrogen-bond donors (Lipinski definition) is 0. The highest BCUT2D eigenvalue weighted by atomic mass is 16.6. The second-order valence-electron chi connectivity index (χ2n) is 4.31. The SMILES string of the molecule is CCc1ccc(C(=O)CCCC(=O)OC)cc1[N+](=O)[O-]. The van der Waals surface area contributed by atoms with Crippen molar-refractivity contribution in [2.75, 3.05) is 7.11 Å². The van der Waals surface area contributed by atoms with Crippen molar-refractivity contribution in [1.29, 1.82) is 0 Å². The number of carbonyl (C=O) groups is 2. The van der Waals surface area contributed by atoms with Crippen LogP contribution >= 0.6 is 0 Å². The maximum atomic E-state index is 11.9. The van der Waals surface area contributed by atoms with Gasteiger partial charge in [0, 0.05) is 30.0 Å². The van der Waals surface area contributed by atoms with Gasteiger partial charge in [-0.15, -0.1) is 0 Å². The van der Waals surface area contributed by atoms with Gasteiger partial charge in [-0.3, -0.25) is 19.7 Å². The molecular weight excluding hydrogens is 262 g/mol. The van der Waals surface area contributed by atoms with Gasteiger partial charge >= 0.3 is 5.97 Å². The van der Waals surface area contributed by atoms with E-state index in [2.05, 4.69) is 4.74 Å². The van der Waals surface area contributed by atoms with Crippen LogP contribution in [0.5, 0.6) is 0 Å². The Morgan fingerprint density at radius 1 is 1.30 bits per heavy atom. The summed E-state index contributed by atoms with van der Waals surface area (Å²) in [4.78, 5) is 33.3. The third-order valence-electron chi connectivity index (χ3n) is 3.00. The molecule has 0 aromatic heterocycles. The van der Waals surface area contributed by atoms with Crippen molar-refractivity contribution in [3.8, 4) is 0 Å². The molecule has 0 atom stereocenters. The minimum absolute atomic E-state index is 0.0358. The molecule has 0 radical (unpaired) electrons. The van der Waals surface area contributed by atoms with E-state index >= 15 is 0 Å². The van der Waals surface area contributed by atoms with Gasteiger partial charge in [-0.25, -0.2) is 0 Å². The minimum atomic E-state index is -0.482. The quantitative estimate of drug-likeness (QED) is 0.331. The number of nitro groups is 1. The van der Waals surface area contributed by atoms with E-state index in [4.69, 9.17) is 0 Å². The van der Waals surface area contributed by atoms with E-state index in [0.29, 0.717) is 24.0 Å². The third kappa shape index (κ3) is 4.15. The zero-order chi connectivity index (χ0) is 15.1. The number of nitro benzene ring substituents is 1. The molecule has 0 heterocycles. The number of nitrogens with zero attached hydrogens (tertiary/aromatic N) is 1. The van der Waals surface area contributed by atoms with Crippen molar-refractivity contribution in [3.63, 3.8) is 0 Å². The monoisotopic (exact) mass is 279 g/mol. The molecule has 0 aliphatic carbocycles. The Kier molecular flexibility index (Phi) is 5.83. The lowest BCUT2D eigenvalue weighted by molar-refractivity contribution is -0.385. The second kappa shape index (κ2) is 7.37. The summed E-state index contributed by atoms with van der Waals surface area (Å²) in [6, 6.07) is 4.50. The maximum absolute atomic E-state index is 11.9. The average molecular weight is 279 g/mol. The molecule has 6 heteroatoms. The van der Waals surface area contributed by atoms with E-state index in [9.17, 15) is 19.7 Å². The van der Waals surface area contributed by atoms with E-state index in [0.717, 1.165) is 0 Å². The summed E-state index contributed by atoms with van der Waals surface area (Å²) < 4.78 is 4.48. The van der Waals surface area contributed by atoms with Crippen LogP contribution < -0.4 is 0 Å². The highest BCUT2D eigenvalue weighted by Crippen LogP contribution is 2.22. The summed E-state index contributed by atoms with van der Waals surface area (Å²) in [5, 5.41) is 10.9. The predicted octanol–water partition coefficient (Wildman–Crippen LogP) is 2.68. The van der Waals surface area contributed by atoms with Crippen LogP contribution in [0.1, 0.15) is 42.1 Å². The van der Waals surface area contributed by atoms with Gasteiger partial charge in [-0.05, 0) is 12.8 Å². The first-order valence-corrected chi connectivity index (χ1v) is 6.37. The van der Waals surface area contributed by atoms with Crippen LogP contribution in [-0.4, -0.2) is 23.8 Å². The fourth-order valence-electron chi connectivity index (χ4n) is 1.85. The molecule has 0 saturated heterocycles. The van der Waals surface area contributed by atoms with E-state index < -0.39 is 4.92 Å². The lowest BCUT2D eigenvalue weighted by atomic mass is 10.0. The molecule has 108 valence electrons. The molecule has 6 nitrogen and oxygen atoms in total. The van der Waals surface area contributed by atoms with Crippen LogP contribution in [0, 0.1) is 10.1 Å². The zero-order valence-corrected chi connectivity index (χ0v) is 11.5. The fraction of sp³-hybridized carbons (Fsp3) is 0.429. The Hall–Kier alpha value is -2.24.